The monoisotopic (exact) mass is 311 g/mol. The van der Waals surface area contributed by atoms with Gasteiger partial charge < -0.3 is 0 Å². The van der Waals surface area contributed by atoms with Gasteiger partial charge in [0.05, 0.1) is 15.7 Å². The van der Waals surface area contributed by atoms with Crippen LogP contribution in [-0.4, -0.2) is 18.9 Å². The first-order chi connectivity index (χ1) is 9.05. The number of halogens is 3. The minimum atomic E-state index is -4.55. The Kier molecular flexibility index (Phi) is 5.26. The Balaban J connectivity index is 0.00000400. The van der Waals surface area contributed by atoms with Crippen LogP contribution in [0, 0.1) is 0 Å². The Labute approximate surface area is 120 Å². The smallest absolute Gasteiger partial charge is 0.242 e. The first kappa shape index (κ1) is 17.0. The van der Waals surface area contributed by atoms with Gasteiger partial charge in [-0.1, -0.05) is 6.92 Å². The second-order valence-electron chi connectivity index (χ2n) is 5.30. The molecule has 1 rings (SSSR count). The Morgan fingerprint density at radius 1 is 1.30 bits per heavy atom. The molecule has 4 nitrogen and oxygen atoms in total. The van der Waals surface area contributed by atoms with E-state index in [1.54, 1.807) is 0 Å². The topological polar surface area (TPSA) is 54.9 Å². The van der Waals surface area contributed by atoms with Crippen molar-refractivity contribution in [3.05, 3.63) is 23.8 Å². The molecule has 0 bridgehead atoms. The number of hydrogen-bond donors (Lipinski definition) is 1. The molecule has 0 aromatic carbocycles. The lowest BCUT2D eigenvalue weighted by Gasteiger charge is -2.23. The lowest BCUT2D eigenvalue weighted by molar-refractivity contribution is -0.145. The van der Waals surface area contributed by atoms with Crippen LogP contribution in [0.4, 0.5) is 13.2 Å². The van der Waals surface area contributed by atoms with Gasteiger partial charge in [0.15, 0.2) is 0 Å². The van der Waals surface area contributed by atoms with Crippen molar-refractivity contribution >= 4 is 11.0 Å². The van der Waals surface area contributed by atoms with Crippen LogP contribution in [0.1, 0.15) is 53.0 Å². The van der Waals surface area contributed by atoms with E-state index in [1.807, 2.05) is 27.7 Å². The van der Waals surface area contributed by atoms with Gasteiger partial charge >= 0.3 is 6.18 Å². The summed E-state index contributed by atoms with van der Waals surface area (Å²) in [5, 5.41) is 0. The number of aromatic nitrogens is 2. The maximum Gasteiger partial charge on any atom is 0.451 e. The van der Waals surface area contributed by atoms with E-state index >= 15 is 0 Å². The summed E-state index contributed by atoms with van der Waals surface area (Å²) in [6, 6.07) is -0.350. The first-order valence-electron chi connectivity index (χ1n) is 6.13. The molecule has 0 amide bonds. The van der Waals surface area contributed by atoms with Gasteiger partial charge in [-0.3, -0.25) is 0 Å². The average molecular weight is 311 g/mol. The van der Waals surface area contributed by atoms with Crippen LogP contribution < -0.4 is 4.72 Å². The third-order valence-electron chi connectivity index (χ3n) is 2.54. The molecule has 0 aliphatic carbocycles. The standard InChI is InChI=1S/C12H18F3N3OS.H2/c1-5-9(18-20(19)11(2,3)4)8-6-16-10(17-7-8)12(13,14)15;/h6-7,9,18H,5H2,1-4H3;1H/t9-,20-;/m1./s1. The van der Waals surface area contributed by atoms with Crippen molar-refractivity contribution in [2.45, 2.75) is 51.1 Å². The predicted octanol–water partition coefficient (Wildman–Crippen LogP) is 3.24. The quantitative estimate of drug-likeness (QED) is 0.928. The SMILES string of the molecule is CC[C@@H](N[S@](=O)C(C)(C)C)c1cnc(C(F)(F)F)nc1.[HH]. The Hall–Kier alpha value is -1.02. The summed E-state index contributed by atoms with van der Waals surface area (Å²) in [5.41, 5.74) is 0.484. The van der Waals surface area contributed by atoms with Crippen LogP contribution >= 0.6 is 0 Å². The molecule has 0 fully saturated rings. The van der Waals surface area contributed by atoms with E-state index in [-0.39, 0.29) is 7.47 Å². The molecule has 8 heteroatoms. The highest BCUT2D eigenvalue weighted by molar-refractivity contribution is 7.84. The molecule has 0 saturated carbocycles. The molecule has 0 aliphatic rings. The summed E-state index contributed by atoms with van der Waals surface area (Å²) in [5.74, 6) is -1.17. The predicted molar refractivity (Wildman–Crippen MR) is 73.2 cm³/mol. The Morgan fingerprint density at radius 2 is 1.80 bits per heavy atom. The van der Waals surface area contributed by atoms with Gasteiger partial charge in [-0.05, 0) is 27.2 Å². The van der Waals surface area contributed by atoms with E-state index in [2.05, 4.69) is 14.7 Å². The van der Waals surface area contributed by atoms with Crippen LogP contribution in [0.25, 0.3) is 0 Å². The summed E-state index contributed by atoms with van der Waals surface area (Å²) in [4.78, 5) is 6.63. The zero-order valence-electron chi connectivity index (χ0n) is 11.8. The first-order valence-corrected chi connectivity index (χ1v) is 7.28. The molecule has 2 atom stereocenters. The molecular weight excluding hydrogens is 291 g/mol. The van der Waals surface area contributed by atoms with Gasteiger partial charge in [0.1, 0.15) is 0 Å². The number of nitrogens with zero attached hydrogens (tertiary/aromatic N) is 2. The fraction of sp³-hybridized carbons (Fsp3) is 0.667. The number of rotatable bonds is 4. The summed E-state index contributed by atoms with van der Waals surface area (Å²) >= 11 is 0. The zero-order chi connectivity index (χ0) is 15.6. The highest BCUT2D eigenvalue weighted by Crippen LogP contribution is 2.26. The largest absolute Gasteiger partial charge is 0.451 e. The van der Waals surface area contributed by atoms with Gasteiger partial charge in [-0.2, -0.15) is 13.2 Å². The van der Waals surface area contributed by atoms with Gasteiger partial charge in [0.2, 0.25) is 5.82 Å². The van der Waals surface area contributed by atoms with Gasteiger partial charge in [0, 0.05) is 25.4 Å². The zero-order valence-corrected chi connectivity index (χ0v) is 12.6. The average Bonchev–Trinajstić information content (AvgIpc) is 2.33. The van der Waals surface area contributed by atoms with Crippen molar-refractivity contribution in [2.75, 3.05) is 0 Å². The minimum absolute atomic E-state index is 0. The molecule has 20 heavy (non-hydrogen) atoms. The van der Waals surface area contributed by atoms with Gasteiger partial charge in [-0.15, -0.1) is 0 Å². The molecule has 1 N–H and O–H groups in total. The van der Waals surface area contributed by atoms with Gasteiger partial charge in [-0.25, -0.2) is 18.9 Å². The number of hydrogen-bond acceptors (Lipinski definition) is 3. The molecular formula is C12H20F3N3OS. The van der Waals surface area contributed by atoms with Crippen LogP contribution in [0.15, 0.2) is 12.4 Å². The second-order valence-corrected chi connectivity index (χ2v) is 7.30. The number of nitrogens with one attached hydrogen (secondary N) is 1. The summed E-state index contributed by atoms with van der Waals surface area (Å²) in [6.45, 7) is 7.28. The molecule has 0 aliphatic heterocycles. The molecule has 0 spiro atoms. The Bertz CT molecular complexity index is 474. The molecule has 0 radical (unpaired) electrons. The van der Waals surface area contributed by atoms with E-state index in [0.29, 0.717) is 12.0 Å². The van der Waals surface area contributed by atoms with Gasteiger partial charge in [0.25, 0.3) is 0 Å². The summed E-state index contributed by atoms with van der Waals surface area (Å²) in [7, 11) is -1.32. The van der Waals surface area contributed by atoms with Crippen LogP contribution in [0.3, 0.4) is 0 Å². The normalized spacial score (nSPS) is 15.9. The van der Waals surface area contributed by atoms with E-state index in [0.717, 1.165) is 12.4 Å². The second kappa shape index (κ2) is 6.17. The molecule has 1 aromatic heterocycles. The van der Waals surface area contributed by atoms with E-state index in [4.69, 9.17) is 0 Å². The van der Waals surface area contributed by atoms with Crippen molar-refractivity contribution in [2.24, 2.45) is 0 Å². The maximum atomic E-state index is 12.4. The fourth-order valence-electron chi connectivity index (χ4n) is 1.36. The summed E-state index contributed by atoms with van der Waals surface area (Å²) < 4.78 is 51.6. The van der Waals surface area contributed by atoms with Crippen LogP contribution in [0.2, 0.25) is 0 Å². The van der Waals surface area contributed by atoms with Crippen molar-refractivity contribution in [3.8, 4) is 0 Å². The molecule has 1 heterocycles. The van der Waals surface area contributed by atoms with Crippen LogP contribution in [-0.2, 0) is 17.2 Å². The third-order valence-corrected chi connectivity index (χ3v) is 4.15. The van der Waals surface area contributed by atoms with E-state index < -0.39 is 27.7 Å². The molecule has 116 valence electrons. The molecule has 1 aromatic rings. The Morgan fingerprint density at radius 3 is 2.15 bits per heavy atom. The fourth-order valence-corrected chi connectivity index (χ4v) is 2.27. The van der Waals surface area contributed by atoms with Crippen molar-refractivity contribution in [1.82, 2.24) is 14.7 Å². The lowest BCUT2D eigenvalue weighted by atomic mass is 10.1. The van der Waals surface area contributed by atoms with Crippen LogP contribution in [0.5, 0.6) is 0 Å². The van der Waals surface area contributed by atoms with Crippen molar-refractivity contribution in [1.29, 1.82) is 0 Å². The van der Waals surface area contributed by atoms with Crippen molar-refractivity contribution in [3.63, 3.8) is 0 Å². The highest BCUT2D eigenvalue weighted by atomic mass is 32.2. The third kappa shape index (κ3) is 4.52. The van der Waals surface area contributed by atoms with E-state index in [1.165, 1.54) is 0 Å². The van der Waals surface area contributed by atoms with E-state index in [9.17, 15) is 17.4 Å². The lowest BCUT2D eigenvalue weighted by Crippen LogP contribution is -2.35. The highest BCUT2D eigenvalue weighted by Gasteiger charge is 2.34. The number of alkyl halides is 3. The molecule has 0 saturated heterocycles. The summed E-state index contributed by atoms with van der Waals surface area (Å²) in [6.07, 6.45) is -1.74. The minimum Gasteiger partial charge on any atom is -0.242 e. The maximum absolute atomic E-state index is 12.4. The molecule has 0 unspecified atom stereocenters. The van der Waals surface area contributed by atoms with Crippen molar-refractivity contribution < 1.29 is 18.8 Å².